The molecule has 6 heteroatoms. The van der Waals surface area contributed by atoms with E-state index < -0.39 is 12.0 Å². The summed E-state index contributed by atoms with van der Waals surface area (Å²) in [6.07, 6.45) is -3.77. The molecule has 1 aromatic heterocycles. The molecule has 2 rings (SSSR count). The zero-order chi connectivity index (χ0) is 15.5. The van der Waals surface area contributed by atoms with Crippen molar-refractivity contribution in [2.75, 3.05) is 11.9 Å². The van der Waals surface area contributed by atoms with Crippen molar-refractivity contribution in [3.8, 4) is 11.3 Å². The van der Waals surface area contributed by atoms with Gasteiger partial charge in [-0.3, -0.25) is 0 Å². The van der Waals surface area contributed by atoms with Crippen LogP contribution in [0.25, 0.3) is 11.3 Å². The average Bonchev–Trinajstić information content (AvgIpc) is 2.44. The van der Waals surface area contributed by atoms with Crippen LogP contribution in [-0.4, -0.2) is 16.5 Å². The van der Waals surface area contributed by atoms with E-state index in [4.69, 9.17) is 0 Å². The van der Waals surface area contributed by atoms with Gasteiger partial charge in [0.15, 0.2) is 0 Å². The average molecular weight is 295 g/mol. The minimum atomic E-state index is -4.57. The molecule has 0 unspecified atom stereocenters. The Labute approximate surface area is 121 Å². The van der Waals surface area contributed by atoms with Crippen LogP contribution in [-0.2, 0) is 6.18 Å². The van der Waals surface area contributed by atoms with Gasteiger partial charge in [-0.05, 0) is 13.3 Å². The van der Waals surface area contributed by atoms with Crippen LogP contribution in [0, 0.1) is 6.92 Å². The highest BCUT2D eigenvalue weighted by Crippen LogP contribution is 2.29. The number of anilines is 1. The lowest BCUT2D eigenvalue weighted by atomic mass is 10.1. The van der Waals surface area contributed by atoms with Crippen LogP contribution in [0.1, 0.15) is 24.7 Å². The normalized spacial score (nSPS) is 11.5. The molecule has 0 spiro atoms. The fourth-order valence-electron chi connectivity index (χ4n) is 1.79. The van der Waals surface area contributed by atoms with Crippen LogP contribution in [0.5, 0.6) is 0 Å². The second-order valence-electron chi connectivity index (χ2n) is 4.75. The molecular formula is C15H16F3N3. The third-order valence-electron chi connectivity index (χ3n) is 2.88. The number of aryl methyl sites for hydroxylation is 1. The van der Waals surface area contributed by atoms with Gasteiger partial charge >= 0.3 is 6.18 Å². The maximum atomic E-state index is 12.9. The first-order valence-electron chi connectivity index (χ1n) is 6.67. The van der Waals surface area contributed by atoms with E-state index in [9.17, 15) is 13.2 Å². The Morgan fingerprint density at radius 2 is 1.76 bits per heavy atom. The summed E-state index contributed by atoms with van der Waals surface area (Å²) in [6, 6.07) is 8.71. The molecule has 1 heterocycles. The summed E-state index contributed by atoms with van der Waals surface area (Å²) < 4.78 is 38.7. The van der Waals surface area contributed by atoms with Crippen molar-refractivity contribution in [1.29, 1.82) is 0 Å². The molecule has 0 amide bonds. The van der Waals surface area contributed by atoms with Crippen LogP contribution in [0.4, 0.5) is 19.0 Å². The summed E-state index contributed by atoms with van der Waals surface area (Å²) in [6.45, 7) is 4.40. The summed E-state index contributed by atoms with van der Waals surface area (Å²) in [5.41, 5.74) is 1.93. The number of alkyl halides is 3. The van der Waals surface area contributed by atoms with Crippen LogP contribution >= 0.6 is 0 Å². The fourth-order valence-corrected chi connectivity index (χ4v) is 1.79. The van der Waals surface area contributed by atoms with Gasteiger partial charge in [0, 0.05) is 18.2 Å². The number of nitrogens with one attached hydrogen (secondary N) is 1. The molecule has 1 aromatic carbocycles. The van der Waals surface area contributed by atoms with Gasteiger partial charge in [0.1, 0.15) is 5.82 Å². The topological polar surface area (TPSA) is 37.8 Å². The Kier molecular flexibility index (Phi) is 4.45. The minimum absolute atomic E-state index is 0.190. The molecule has 21 heavy (non-hydrogen) atoms. The third kappa shape index (κ3) is 3.93. The second-order valence-corrected chi connectivity index (χ2v) is 4.75. The quantitative estimate of drug-likeness (QED) is 0.914. The number of nitrogens with zero attached hydrogens (tertiary/aromatic N) is 2. The predicted octanol–water partition coefficient (Wildman–Crippen LogP) is 4.29. The van der Waals surface area contributed by atoms with Gasteiger partial charge in [-0.2, -0.15) is 13.2 Å². The van der Waals surface area contributed by atoms with E-state index in [1.54, 1.807) is 12.1 Å². The van der Waals surface area contributed by atoms with Gasteiger partial charge in [-0.1, -0.05) is 36.8 Å². The largest absolute Gasteiger partial charge is 0.451 e. The molecule has 0 saturated carbocycles. The Morgan fingerprint density at radius 3 is 2.33 bits per heavy atom. The second kappa shape index (κ2) is 6.11. The highest BCUT2D eigenvalue weighted by Gasteiger charge is 2.35. The van der Waals surface area contributed by atoms with Gasteiger partial charge in [-0.25, -0.2) is 9.97 Å². The van der Waals surface area contributed by atoms with Crippen molar-refractivity contribution in [2.45, 2.75) is 26.4 Å². The van der Waals surface area contributed by atoms with Gasteiger partial charge < -0.3 is 5.32 Å². The van der Waals surface area contributed by atoms with Crippen molar-refractivity contribution >= 4 is 5.82 Å². The molecule has 0 aliphatic heterocycles. The number of hydrogen-bond donors (Lipinski definition) is 1. The van der Waals surface area contributed by atoms with Crippen molar-refractivity contribution in [2.24, 2.45) is 0 Å². The maximum Gasteiger partial charge on any atom is 0.451 e. The molecule has 112 valence electrons. The van der Waals surface area contributed by atoms with E-state index in [-0.39, 0.29) is 11.5 Å². The van der Waals surface area contributed by atoms with Crippen molar-refractivity contribution in [3.63, 3.8) is 0 Å². The number of benzene rings is 1. The molecule has 0 aliphatic carbocycles. The Bertz CT molecular complexity index is 607. The van der Waals surface area contributed by atoms with Gasteiger partial charge in [0.25, 0.3) is 0 Å². The van der Waals surface area contributed by atoms with Crippen LogP contribution in [0.15, 0.2) is 30.3 Å². The molecule has 0 bridgehead atoms. The van der Waals surface area contributed by atoms with Gasteiger partial charge in [0.2, 0.25) is 5.82 Å². The monoisotopic (exact) mass is 295 g/mol. The predicted molar refractivity (Wildman–Crippen MR) is 76.0 cm³/mol. The first kappa shape index (κ1) is 15.3. The lowest BCUT2D eigenvalue weighted by molar-refractivity contribution is -0.144. The summed E-state index contributed by atoms with van der Waals surface area (Å²) in [4.78, 5) is 7.17. The minimum Gasteiger partial charge on any atom is -0.370 e. The van der Waals surface area contributed by atoms with Gasteiger partial charge in [0.05, 0.1) is 5.69 Å². The van der Waals surface area contributed by atoms with E-state index in [0.717, 1.165) is 12.0 Å². The van der Waals surface area contributed by atoms with Crippen molar-refractivity contribution < 1.29 is 13.2 Å². The van der Waals surface area contributed by atoms with Crippen LogP contribution < -0.4 is 5.32 Å². The molecule has 2 aromatic rings. The molecule has 0 saturated heterocycles. The highest BCUT2D eigenvalue weighted by atomic mass is 19.4. The standard InChI is InChI=1S/C15H16F3N3/c1-3-8-19-13-9-12(11-6-4-10(2)5-7-11)20-14(21-13)15(16,17)18/h4-7,9H,3,8H2,1-2H3,(H,19,20,21). The van der Waals surface area contributed by atoms with E-state index in [1.165, 1.54) is 6.07 Å². The fraction of sp³-hybridized carbons (Fsp3) is 0.333. The summed E-state index contributed by atoms with van der Waals surface area (Å²) in [5.74, 6) is -0.936. The summed E-state index contributed by atoms with van der Waals surface area (Å²) in [5, 5.41) is 2.88. The van der Waals surface area contributed by atoms with Crippen molar-refractivity contribution in [1.82, 2.24) is 9.97 Å². The van der Waals surface area contributed by atoms with Crippen LogP contribution in [0.2, 0.25) is 0 Å². The highest BCUT2D eigenvalue weighted by molar-refractivity contribution is 5.63. The number of hydrogen-bond acceptors (Lipinski definition) is 3. The summed E-state index contributed by atoms with van der Waals surface area (Å²) >= 11 is 0. The zero-order valence-electron chi connectivity index (χ0n) is 11.8. The first-order chi connectivity index (χ1) is 9.90. The molecule has 3 nitrogen and oxygen atoms in total. The maximum absolute atomic E-state index is 12.9. The molecule has 0 radical (unpaired) electrons. The number of aromatic nitrogens is 2. The smallest absolute Gasteiger partial charge is 0.370 e. The number of halogens is 3. The van der Waals surface area contributed by atoms with Crippen LogP contribution in [0.3, 0.4) is 0 Å². The Balaban J connectivity index is 2.46. The van der Waals surface area contributed by atoms with E-state index in [1.807, 2.05) is 26.0 Å². The van der Waals surface area contributed by atoms with Crippen molar-refractivity contribution in [3.05, 3.63) is 41.7 Å². The SMILES string of the molecule is CCCNc1cc(-c2ccc(C)cc2)nc(C(F)(F)F)n1. The Hall–Kier alpha value is -2.11. The molecular weight excluding hydrogens is 279 g/mol. The molecule has 0 fully saturated rings. The van der Waals surface area contributed by atoms with E-state index in [2.05, 4.69) is 15.3 Å². The summed E-state index contributed by atoms with van der Waals surface area (Å²) in [7, 11) is 0. The Morgan fingerprint density at radius 1 is 1.10 bits per heavy atom. The lowest BCUT2D eigenvalue weighted by Crippen LogP contribution is -2.14. The zero-order valence-corrected chi connectivity index (χ0v) is 11.8. The lowest BCUT2D eigenvalue weighted by Gasteiger charge is -2.11. The first-order valence-corrected chi connectivity index (χ1v) is 6.67. The molecule has 1 N–H and O–H groups in total. The molecule has 0 atom stereocenters. The molecule has 0 aliphatic rings. The van der Waals surface area contributed by atoms with E-state index >= 15 is 0 Å². The van der Waals surface area contributed by atoms with E-state index in [0.29, 0.717) is 12.1 Å². The number of rotatable bonds is 4. The van der Waals surface area contributed by atoms with Gasteiger partial charge in [-0.15, -0.1) is 0 Å². The third-order valence-corrected chi connectivity index (χ3v) is 2.88.